The van der Waals surface area contributed by atoms with Crippen LogP contribution in [0.1, 0.15) is 38.5 Å². The zero-order chi connectivity index (χ0) is 13.3. The summed E-state index contributed by atoms with van der Waals surface area (Å²) in [6.07, 6.45) is 1.88. The van der Waals surface area contributed by atoms with Gasteiger partial charge in [-0.05, 0) is 0 Å². The Hall–Kier alpha value is -0.490. The van der Waals surface area contributed by atoms with Gasteiger partial charge in [0.25, 0.3) is 0 Å². The number of hydrogen-bond donors (Lipinski definition) is 0. The van der Waals surface area contributed by atoms with Gasteiger partial charge in [0.1, 0.15) is 0 Å². The third-order valence-corrected chi connectivity index (χ3v) is 2.96. The molecule has 0 spiro atoms. The summed E-state index contributed by atoms with van der Waals surface area (Å²) in [5.74, 6) is -15.8. The van der Waals surface area contributed by atoms with Gasteiger partial charge in [-0.25, -0.2) is 4.39 Å². The zero-order valence-electron chi connectivity index (χ0n) is 8.97. The lowest BCUT2D eigenvalue weighted by Crippen LogP contribution is -2.48. The molecule has 2 rings (SSSR count). The number of rotatable bonds is 0. The van der Waals surface area contributed by atoms with E-state index in [-0.39, 0.29) is 0 Å². The van der Waals surface area contributed by atoms with Crippen molar-refractivity contribution in [3.05, 3.63) is 0 Å². The largest absolute Gasteiger partial charge is 0.375 e. The third kappa shape index (κ3) is 2.52. The minimum atomic E-state index is -5.58. The lowest BCUT2D eigenvalue weighted by Gasteiger charge is -2.22. The van der Waals surface area contributed by atoms with Crippen LogP contribution >= 0.6 is 0 Å². The van der Waals surface area contributed by atoms with Crippen molar-refractivity contribution in [2.24, 2.45) is 0 Å². The summed E-state index contributed by atoms with van der Waals surface area (Å²) in [6.45, 7) is 0. The van der Waals surface area contributed by atoms with Crippen molar-refractivity contribution in [3.63, 3.8) is 0 Å². The maximum absolute atomic E-state index is 12.0. The van der Waals surface area contributed by atoms with Crippen LogP contribution < -0.4 is 0 Å². The minimum Gasteiger partial charge on any atom is -0.240 e. The first-order valence-corrected chi connectivity index (χ1v) is 5.40. The summed E-state index contributed by atoms with van der Waals surface area (Å²) in [5, 5.41) is 0. The first kappa shape index (κ1) is 14.6. The summed E-state index contributed by atoms with van der Waals surface area (Å²) in [4.78, 5) is 0. The monoisotopic (exact) mass is 266 g/mol. The van der Waals surface area contributed by atoms with Gasteiger partial charge < -0.3 is 0 Å². The standard InChI is InChI=1S/C5H3F7.C5H10/c6-2-1-3(7,8)5(11,12)4(2,9)10;1-2-4-5-3-1/h2H,1H2;1-5H2. The molecule has 0 radical (unpaired) electrons. The highest BCUT2D eigenvalue weighted by Gasteiger charge is 2.81. The molecule has 2 aliphatic rings. The fraction of sp³-hybridized carbons (Fsp3) is 1.00. The Morgan fingerprint density at radius 1 is 0.706 bits per heavy atom. The molecule has 102 valence electrons. The first-order valence-electron chi connectivity index (χ1n) is 5.40. The second kappa shape index (κ2) is 4.65. The van der Waals surface area contributed by atoms with E-state index in [1.165, 1.54) is 32.1 Å². The number of alkyl halides is 7. The molecule has 0 aromatic rings. The van der Waals surface area contributed by atoms with Crippen molar-refractivity contribution in [3.8, 4) is 0 Å². The molecule has 7 heteroatoms. The van der Waals surface area contributed by atoms with Crippen molar-refractivity contribution in [1.82, 2.24) is 0 Å². The van der Waals surface area contributed by atoms with Gasteiger partial charge in [-0.1, -0.05) is 32.1 Å². The van der Waals surface area contributed by atoms with Crippen LogP contribution in [0.4, 0.5) is 30.7 Å². The molecule has 0 aromatic carbocycles. The smallest absolute Gasteiger partial charge is 0.240 e. The van der Waals surface area contributed by atoms with E-state index in [9.17, 15) is 30.7 Å². The van der Waals surface area contributed by atoms with Crippen molar-refractivity contribution in [2.45, 2.75) is 62.5 Å². The van der Waals surface area contributed by atoms with E-state index >= 15 is 0 Å². The second-order valence-corrected chi connectivity index (χ2v) is 4.34. The Morgan fingerprint density at radius 2 is 1.06 bits per heavy atom. The van der Waals surface area contributed by atoms with E-state index in [4.69, 9.17) is 0 Å². The Bertz CT molecular complexity index is 250. The fourth-order valence-electron chi connectivity index (χ4n) is 1.81. The van der Waals surface area contributed by atoms with Gasteiger partial charge in [0, 0.05) is 0 Å². The molecule has 2 aliphatic carbocycles. The summed E-state index contributed by atoms with van der Waals surface area (Å²) in [5.41, 5.74) is 0. The van der Waals surface area contributed by atoms with E-state index in [2.05, 4.69) is 0 Å². The van der Waals surface area contributed by atoms with Gasteiger partial charge >= 0.3 is 17.8 Å². The molecule has 0 heterocycles. The van der Waals surface area contributed by atoms with Crippen LogP contribution in [0.25, 0.3) is 0 Å². The molecule has 0 aliphatic heterocycles. The molecule has 1 atom stereocenters. The SMILES string of the molecule is C1CCCC1.FC1CC(F)(F)C(F)(F)C1(F)F. The van der Waals surface area contributed by atoms with Gasteiger partial charge in [-0.15, -0.1) is 0 Å². The maximum atomic E-state index is 12.0. The van der Waals surface area contributed by atoms with Crippen molar-refractivity contribution >= 4 is 0 Å². The number of hydrogen-bond acceptors (Lipinski definition) is 0. The molecular formula is C10H13F7. The van der Waals surface area contributed by atoms with Gasteiger partial charge in [-0.3, -0.25) is 0 Å². The summed E-state index contributed by atoms with van der Waals surface area (Å²) < 4.78 is 84.0. The van der Waals surface area contributed by atoms with Crippen molar-refractivity contribution in [2.75, 3.05) is 0 Å². The average Bonchev–Trinajstić information content (AvgIpc) is 2.76. The Morgan fingerprint density at radius 3 is 1.18 bits per heavy atom. The van der Waals surface area contributed by atoms with Gasteiger partial charge in [0.05, 0.1) is 6.42 Å². The predicted molar refractivity (Wildman–Crippen MR) is 47.4 cm³/mol. The van der Waals surface area contributed by atoms with Crippen LogP contribution in [0.5, 0.6) is 0 Å². The van der Waals surface area contributed by atoms with E-state index < -0.39 is 30.4 Å². The molecule has 1 unspecified atom stereocenters. The summed E-state index contributed by atoms with van der Waals surface area (Å²) in [6, 6.07) is 0. The molecule has 0 bridgehead atoms. The lowest BCUT2D eigenvalue weighted by atomic mass is 10.2. The van der Waals surface area contributed by atoms with E-state index in [0.29, 0.717) is 0 Å². The lowest BCUT2D eigenvalue weighted by molar-refractivity contribution is -0.277. The van der Waals surface area contributed by atoms with E-state index in [1.807, 2.05) is 0 Å². The molecule has 0 nitrogen and oxygen atoms in total. The van der Waals surface area contributed by atoms with Gasteiger partial charge in [0.15, 0.2) is 6.17 Å². The average molecular weight is 266 g/mol. The highest BCUT2D eigenvalue weighted by atomic mass is 19.3. The van der Waals surface area contributed by atoms with Crippen LogP contribution in [-0.4, -0.2) is 23.9 Å². The highest BCUT2D eigenvalue weighted by Crippen LogP contribution is 2.57. The second-order valence-electron chi connectivity index (χ2n) is 4.34. The first-order chi connectivity index (χ1) is 7.63. The Balaban J connectivity index is 0.000000239. The number of halogens is 7. The zero-order valence-corrected chi connectivity index (χ0v) is 8.97. The van der Waals surface area contributed by atoms with Crippen LogP contribution in [-0.2, 0) is 0 Å². The molecule has 2 fully saturated rings. The third-order valence-electron chi connectivity index (χ3n) is 2.96. The molecular weight excluding hydrogens is 253 g/mol. The maximum Gasteiger partial charge on any atom is 0.375 e. The van der Waals surface area contributed by atoms with Gasteiger partial charge in [0.2, 0.25) is 0 Å². The molecule has 2 saturated carbocycles. The fourth-order valence-corrected chi connectivity index (χ4v) is 1.81. The van der Waals surface area contributed by atoms with Crippen molar-refractivity contribution < 1.29 is 30.7 Å². The minimum absolute atomic E-state index is 1.50. The Kier molecular flexibility index (Phi) is 3.98. The normalized spacial score (nSPS) is 33.0. The molecule has 0 saturated heterocycles. The molecule has 0 aromatic heterocycles. The quantitative estimate of drug-likeness (QED) is 0.563. The summed E-state index contributed by atoms with van der Waals surface area (Å²) >= 11 is 0. The van der Waals surface area contributed by atoms with E-state index in [0.717, 1.165) is 0 Å². The van der Waals surface area contributed by atoms with Crippen LogP contribution in [0.15, 0.2) is 0 Å². The molecule has 0 amide bonds. The van der Waals surface area contributed by atoms with Crippen LogP contribution in [0.2, 0.25) is 0 Å². The van der Waals surface area contributed by atoms with Crippen LogP contribution in [0, 0.1) is 0 Å². The summed E-state index contributed by atoms with van der Waals surface area (Å²) in [7, 11) is 0. The highest BCUT2D eigenvalue weighted by molar-refractivity contribution is 5.08. The molecule has 17 heavy (non-hydrogen) atoms. The van der Waals surface area contributed by atoms with Gasteiger partial charge in [-0.2, -0.15) is 26.3 Å². The Labute approximate surface area is 94.2 Å². The van der Waals surface area contributed by atoms with Crippen molar-refractivity contribution in [1.29, 1.82) is 0 Å². The predicted octanol–water partition coefficient (Wildman–Crippen LogP) is 4.58. The van der Waals surface area contributed by atoms with Crippen LogP contribution in [0.3, 0.4) is 0 Å². The molecule has 0 N–H and O–H groups in total. The topological polar surface area (TPSA) is 0 Å². The van der Waals surface area contributed by atoms with E-state index in [1.54, 1.807) is 0 Å².